The van der Waals surface area contributed by atoms with E-state index in [1.807, 2.05) is 0 Å². The van der Waals surface area contributed by atoms with Crippen LogP contribution in [0.1, 0.15) is 35.2 Å². The maximum absolute atomic E-state index is 14.0. The van der Waals surface area contributed by atoms with Crippen molar-refractivity contribution < 1.29 is 23.5 Å². The summed E-state index contributed by atoms with van der Waals surface area (Å²) < 4.78 is 23.7. The van der Waals surface area contributed by atoms with Gasteiger partial charge in [0, 0.05) is 25.1 Å². The van der Waals surface area contributed by atoms with Gasteiger partial charge >= 0.3 is 5.97 Å². The minimum Gasteiger partial charge on any atom is -0.496 e. The van der Waals surface area contributed by atoms with E-state index >= 15 is 0 Å². The van der Waals surface area contributed by atoms with Gasteiger partial charge in [-0.1, -0.05) is 0 Å². The van der Waals surface area contributed by atoms with Crippen LogP contribution < -0.4 is 4.74 Å². The van der Waals surface area contributed by atoms with E-state index in [1.54, 1.807) is 4.90 Å². The monoisotopic (exact) mass is 295 g/mol. The van der Waals surface area contributed by atoms with Crippen molar-refractivity contribution in [2.45, 2.75) is 25.8 Å². The number of rotatable bonds is 4. The summed E-state index contributed by atoms with van der Waals surface area (Å²) in [5.74, 6) is -1.01. The van der Waals surface area contributed by atoms with Gasteiger partial charge in [-0.3, -0.25) is 4.79 Å². The number of amides is 1. The molecule has 0 radical (unpaired) electrons. The first kappa shape index (κ1) is 15.3. The van der Waals surface area contributed by atoms with Gasteiger partial charge in [-0.25, -0.2) is 9.18 Å². The molecule has 0 spiro atoms. The molecule has 0 saturated carbocycles. The SMILES string of the molecule is COC(=O)c1cc(OC)c(CN2CCCCC2=O)cc1F. The zero-order valence-electron chi connectivity index (χ0n) is 12.1. The van der Waals surface area contributed by atoms with E-state index in [1.165, 1.54) is 26.4 Å². The van der Waals surface area contributed by atoms with Gasteiger partial charge in [-0.05, 0) is 25.0 Å². The Morgan fingerprint density at radius 1 is 1.33 bits per heavy atom. The topological polar surface area (TPSA) is 55.8 Å². The highest BCUT2D eigenvalue weighted by atomic mass is 19.1. The van der Waals surface area contributed by atoms with Gasteiger partial charge in [0.1, 0.15) is 11.6 Å². The van der Waals surface area contributed by atoms with E-state index in [9.17, 15) is 14.0 Å². The Labute approximate surface area is 122 Å². The molecular formula is C15H18FNO4. The number of ether oxygens (including phenoxy) is 2. The van der Waals surface area contributed by atoms with Crippen molar-refractivity contribution in [3.8, 4) is 5.75 Å². The van der Waals surface area contributed by atoms with Crippen LogP contribution in [0.4, 0.5) is 4.39 Å². The molecule has 0 aliphatic carbocycles. The minimum atomic E-state index is -0.758. The highest BCUT2D eigenvalue weighted by Gasteiger charge is 2.22. The smallest absolute Gasteiger partial charge is 0.340 e. The minimum absolute atomic E-state index is 0.0563. The number of esters is 1. The summed E-state index contributed by atoms with van der Waals surface area (Å²) in [6, 6.07) is 2.54. The molecule has 0 atom stereocenters. The Bertz CT molecular complexity index is 559. The van der Waals surface area contributed by atoms with Crippen LogP contribution in [0.3, 0.4) is 0 Å². The van der Waals surface area contributed by atoms with Crippen LogP contribution in [-0.4, -0.2) is 37.5 Å². The van der Waals surface area contributed by atoms with Crippen molar-refractivity contribution in [1.29, 1.82) is 0 Å². The fraction of sp³-hybridized carbons (Fsp3) is 0.467. The van der Waals surface area contributed by atoms with Gasteiger partial charge in [-0.2, -0.15) is 0 Å². The molecule has 1 aromatic carbocycles. The Hall–Kier alpha value is -2.11. The number of hydrogen-bond donors (Lipinski definition) is 0. The highest BCUT2D eigenvalue weighted by Crippen LogP contribution is 2.26. The molecule has 1 amide bonds. The maximum Gasteiger partial charge on any atom is 0.340 e. The first-order valence-electron chi connectivity index (χ1n) is 6.79. The number of hydrogen-bond acceptors (Lipinski definition) is 4. The van der Waals surface area contributed by atoms with Gasteiger partial charge < -0.3 is 14.4 Å². The zero-order valence-corrected chi connectivity index (χ0v) is 12.1. The number of methoxy groups -OCH3 is 2. The van der Waals surface area contributed by atoms with E-state index in [4.69, 9.17) is 4.74 Å². The van der Waals surface area contributed by atoms with Crippen LogP contribution in [0.5, 0.6) is 5.75 Å². The number of carbonyl (C=O) groups is 2. The summed E-state index contributed by atoms with van der Waals surface area (Å²) in [6.45, 7) is 0.933. The molecule has 0 N–H and O–H groups in total. The van der Waals surface area contributed by atoms with E-state index in [-0.39, 0.29) is 18.0 Å². The first-order valence-corrected chi connectivity index (χ1v) is 6.79. The van der Waals surface area contributed by atoms with Crippen LogP contribution in [0, 0.1) is 5.82 Å². The second-order valence-corrected chi connectivity index (χ2v) is 4.91. The third-order valence-corrected chi connectivity index (χ3v) is 3.56. The third kappa shape index (κ3) is 3.32. The Balaban J connectivity index is 2.28. The summed E-state index contributed by atoms with van der Waals surface area (Å²) in [4.78, 5) is 25.0. The largest absolute Gasteiger partial charge is 0.496 e. The average molecular weight is 295 g/mol. The molecule has 21 heavy (non-hydrogen) atoms. The highest BCUT2D eigenvalue weighted by molar-refractivity contribution is 5.90. The fourth-order valence-electron chi connectivity index (χ4n) is 2.41. The molecule has 1 aliphatic rings. The Kier molecular flexibility index (Phi) is 4.77. The average Bonchev–Trinajstić information content (AvgIpc) is 2.49. The summed E-state index contributed by atoms with van der Waals surface area (Å²) in [5, 5.41) is 0. The molecule has 0 bridgehead atoms. The van der Waals surface area contributed by atoms with Gasteiger partial charge in [0.25, 0.3) is 0 Å². The van der Waals surface area contributed by atoms with Crippen molar-refractivity contribution >= 4 is 11.9 Å². The van der Waals surface area contributed by atoms with Gasteiger partial charge in [0.2, 0.25) is 5.91 Å². The molecule has 0 unspecified atom stereocenters. The van der Waals surface area contributed by atoms with Gasteiger partial charge in [-0.15, -0.1) is 0 Å². The van der Waals surface area contributed by atoms with Crippen molar-refractivity contribution in [3.05, 3.63) is 29.1 Å². The molecule has 1 aliphatic heterocycles. The summed E-state index contributed by atoms with van der Waals surface area (Å²) in [7, 11) is 2.63. The van der Waals surface area contributed by atoms with Crippen LogP contribution in [0.15, 0.2) is 12.1 Å². The number of piperidine rings is 1. The lowest BCUT2D eigenvalue weighted by atomic mass is 10.1. The van der Waals surface area contributed by atoms with E-state index in [2.05, 4.69) is 4.74 Å². The van der Waals surface area contributed by atoms with E-state index in [0.717, 1.165) is 12.8 Å². The first-order chi connectivity index (χ1) is 10.1. The van der Waals surface area contributed by atoms with Crippen molar-refractivity contribution in [1.82, 2.24) is 4.90 Å². The third-order valence-electron chi connectivity index (χ3n) is 3.56. The summed E-state index contributed by atoms with van der Waals surface area (Å²) in [5.41, 5.74) is 0.362. The normalized spacial score (nSPS) is 15.0. The second kappa shape index (κ2) is 6.56. The van der Waals surface area contributed by atoms with Crippen LogP contribution in [-0.2, 0) is 16.1 Å². The lowest BCUT2D eigenvalue weighted by molar-refractivity contribution is -0.133. The lowest BCUT2D eigenvalue weighted by Gasteiger charge is -2.27. The Morgan fingerprint density at radius 3 is 2.71 bits per heavy atom. The predicted octanol–water partition coefficient (Wildman–Crippen LogP) is 2.13. The van der Waals surface area contributed by atoms with Crippen LogP contribution in [0.2, 0.25) is 0 Å². The number of likely N-dealkylation sites (tertiary alicyclic amines) is 1. The molecule has 2 rings (SSSR count). The molecule has 1 fully saturated rings. The number of nitrogens with zero attached hydrogens (tertiary/aromatic N) is 1. The van der Waals surface area contributed by atoms with E-state index < -0.39 is 11.8 Å². The fourth-order valence-corrected chi connectivity index (χ4v) is 2.41. The second-order valence-electron chi connectivity index (χ2n) is 4.91. The number of halogens is 1. The summed E-state index contributed by atoms with van der Waals surface area (Å²) in [6.07, 6.45) is 2.35. The quantitative estimate of drug-likeness (QED) is 0.799. The van der Waals surface area contributed by atoms with Gasteiger partial charge in [0.05, 0.1) is 19.8 Å². The molecule has 5 nitrogen and oxygen atoms in total. The maximum atomic E-state index is 14.0. The van der Waals surface area contributed by atoms with Crippen molar-refractivity contribution in [2.24, 2.45) is 0 Å². The summed E-state index contributed by atoms with van der Waals surface area (Å²) >= 11 is 0. The molecule has 1 heterocycles. The van der Waals surface area contributed by atoms with Gasteiger partial charge in [0.15, 0.2) is 0 Å². The van der Waals surface area contributed by atoms with Crippen molar-refractivity contribution in [3.63, 3.8) is 0 Å². The van der Waals surface area contributed by atoms with E-state index in [0.29, 0.717) is 24.3 Å². The zero-order chi connectivity index (χ0) is 15.4. The molecular weight excluding hydrogens is 277 g/mol. The van der Waals surface area contributed by atoms with Crippen molar-refractivity contribution in [2.75, 3.05) is 20.8 Å². The molecule has 1 saturated heterocycles. The molecule has 114 valence electrons. The Morgan fingerprint density at radius 2 is 2.10 bits per heavy atom. The number of benzene rings is 1. The molecule has 1 aromatic rings. The predicted molar refractivity (Wildman–Crippen MR) is 73.6 cm³/mol. The van der Waals surface area contributed by atoms with Crippen LogP contribution in [0.25, 0.3) is 0 Å². The molecule has 6 heteroatoms. The standard InChI is InChI=1S/C15H18FNO4/c1-20-13-8-11(15(19)21-2)12(16)7-10(13)9-17-6-4-3-5-14(17)18/h7-8H,3-6,9H2,1-2H3. The van der Waals surface area contributed by atoms with Crippen LogP contribution >= 0.6 is 0 Å². The lowest BCUT2D eigenvalue weighted by Crippen LogP contribution is -2.34. The number of carbonyl (C=O) groups excluding carboxylic acids is 2. The molecule has 0 aromatic heterocycles.